The van der Waals surface area contributed by atoms with E-state index in [-0.39, 0.29) is 0 Å². The summed E-state index contributed by atoms with van der Waals surface area (Å²) in [7, 11) is 0. The first-order valence-corrected chi connectivity index (χ1v) is 2.69. The van der Waals surface area contributed by atoms with Gasteiger partial charge in [-0.25, -0.2) is 0 Å². The Labute approximate surface area is 56.7 Å². The molecular formula is C6H5NO3. The predicted molar refractivity (Wildman–Crippen MR) is 32.1 cm³/mol. The predicted octanol–water partition coefficient (Wildman–Crippen LogP) is -1.41. The summed E-state index contributed by atoms with van der Waals surface area (Å²) in [5.74, 6) is -2.63. The molecule has 0 bridgehead atoms. The second-order valence-electron chi connectivity index (χ2n) is 1.94. The monoisotopic (exact) mass is 139 g/mol. The van der Waals surface area contributed by atoms with E-state index >= 15 is 0 Å². The zero-order valence-electron chi connectivity index (χ0n) is 5.03. The van der Waals surface area contributed by atoms with E-state index in [4.69, 9.17) is 5.73 Å². The minimum atomic E-state index is -1.02. The molecule has 0 aromatic rings. The molecule has 0 saturated carbocycles. The first kappa shape index (κ1) is 6.82. The summed E-state index contributed by atoms with van der Waals surface area (Å²) in [6, 6.07) is -0.926. The molecule has 0 spiro atoms. The van der Waals surface area contributed by atoms with Crippen LogP contribution in [-0.4, -0.2) is 23.4 Å². The van der Waals surface area contributed by atoms with Crippen LogP contribution in [0.1, 0.15) is 0 Å². The van der Waals surface area contributed by atoms with Crippen LogP contribution >= 0.6 is 0 Å². The molecule has 1 unspecified atom stereocenters. The maximum Gasteiger partial charge on any atom is 0.270 e. The standard InChI is InChI=1S/C6H5NO3/c7-3-1-2-4(8)6(10)5(3)9/h1-3H,7H2. The molecule has 52 valence electrons. The normalized spacial score (nSPS) is 25.7. The fourth-order valence-electron chi connectivity index (χ4n) is 0.627. The third-order valence-corrected chi connectivity index (χ3v) is 1.21. The van der Waals surface area contributed by atoms with Crippen LogP contribution in [0.15, 0.2) is 12.2 Å². The number of carbonyl (C=O) groups excluding carboxylic acids is 3. The van der Waals surface area contributed by atoms with E-state index in [1.54, 1.807) is 0 Å². The SMILES string of the molecule is NC1C=CC(=O)C(=O)C1=O. The molecular weight excluding hydrogens is 134 g/mol. The fraction of sp³-hybridized carbons (Fsp3) is 0.167. The van der Waals surface area contributed by atoms with Crippen molar-refractivity contribution in [3.63, 3.8) is 0 Å². The number of allylic oxidation sites excluding steroid dienone is 1. The Morgan fingerprint density at radius 3 is 2.40 bits per heavy atom. The lowest BCUT2D eigenvalue weighted by Crippen LogP contribution is -2.40. The first-order valence-electron chi connectivity index (χ1n) is 2.69. The Hall–Kier alpha value is -1.29. The molecule has 0 aliphatic heterocycles. The average molecular weight is 139 g/mol. The quantitative estimate of drug-likeness (QED) is 0.418. The molecule has 0 heterocycles. The Morgan fingerprint density at radius 1 is 1.30 bits per heavy atom. The van der Waals surface area contributed by atoms with Gasteiger partial charge in [-0.3, -0.25) is 14.4 Å². The molecule has 1 rings (SSSR count). The molecule has 0 aromatic heterocycles. The Bertz CT molecular complexity index is 241. The average Bonchev–Trinajstić information content (AvgIpc) is 1.93. The van der Waals surface area contributed by atoms with Crippen molar-refractivity contribution in [2.45, 2.75) is 6.04 Å². The van der Waals surface area contributed by atoms with E-state index < -0.39 is 23.4 Å². The van der Waals surface area contributed by atoms with Gasteiger partial charge in [-0.1, -0.05) is 6.08 Å². The van der Waals surface area contributed by atoms with Crippen LogP contribution in [0, 0.1) is 0 Å². The lowest BCUT2D eigenvalue weighted by Gasteiger charge is -2.05. The van der Waals surface area contributed by atoms with Gasteiger partial charge in [0.05, 0.1) is 6.04 Å². The van der Waals surface area contributed by atoms with Gasteiger partial charge >= 0.3 is 0 Å². The Kier molecular flexibility index (Phi) is 1.47. The third-order valence-electron chi connectivity index (χ3n) is 1.21. The summed E-state index contributed by atoms with van der Waals surface area (Å²) >= 11 is 0. The second kappa shape index (κ2) is 2.15. The van der Waals surface area contributed by atoms with Gasteiger partial charge in [0.25, 0.3) is 5.78 Å². The number of hydrogen-bond acceptors (Lipinski definition) is 4. The maximum absolute atomic E-state index is 10.6. The first-order chi connectivity index (χ1) is 4.63. The van der Waals surface area contributed by atoms with E-state index in [9.17, 15) is 14.4 Å². The molecule has 2 N–H and O–H groups in total. The fourth-order valence-corrected chi connectivity index (χ4v) is 0.627. The molecule has 10 heavy (non-hydrogen) atoms. The molecule has 0 saturated heterocycles. The number of nitrogens with two attached hydrogens (primary N) is 1. The van der Waals surface area contributed by atoms with Crippen LogP contribution < -0.4 is 5.73 Å². The van der Waals surface area contributed by atoms with E-state index in [2.05, 4.69) is 0 Å². The largest absolute Gasteiger partial charge is 0.318 e. The molecule has 0 amide bonds. The minimum absolute atomic E-state index is 0.785. The molecule has 1 aliphatic carbocycles. The van der Waals surface area contributed by atoms with E-state index in [1.165, 1.54) is 6.08 Å². The summed E-state index contributed by atoms with van der Waals surface area (Å²) in [5, 5.41) is 0. The van der Waals surface area contributed by atoms with Crippen LogP contribution in [0.3, 0.4) is 0 Å². The molecule has 4 nitrogen and oxygen atoms in total. The lowest BCUT2D eigenvalue weighted by atomic mass is 10.00. The maximum atomic E-state index is 10.6. The van der Waals surface area contributed by atoms with Crippen molar-refractivity contribution in [1.29, 1.82) is 0 Å². The highest BCUT2D eigenvalue weighted by Gasteiger charge is 2.28. The topological polar surface area (TPSA) is 77.2 Å². The Morgan fingerprint density at radius 2 is 1.90 bits per heavy atom. The summed E-state index contributed by atoms with van der Waals surface area (Å²) < 4.78 is 0. The van der Waals surface area contributed by atoms with Crippen molar-refractivity contribution in [1.82, 2.24) is 0 Å². The van der Waals surface area contributed by atoms with Crippen LogP contribution in [0.25, 0.3) is 0 Å². The van der Waals surface area contributed by atoms with Crippen LogP contribution in [0.5, 0.6) is 0 Å². The van der Waals surface area contributed by atoms with E-state index in [0.717, 1.165) is 6.08 Å². The van der Waals surface area contributed by atoms with E-state index in [0.29, 0.717) is 0 Å². The van der Waals surface area contributed by atoms with Crippen molar-refractivity contribution in [2.75, 3.05) is 0 Å². The van der Waals surface area contributed by atoms with Crippen molar-refractivity contribution in [3.05, 3.63) is 12.2 Å². The van der Waals surface area contributed by atoms with Gasteiger partial charge in [0, 0.05) is 0 Å². The Balaban J connectivity index is 3.01. The van der Waals surface area contributed by atoms with Crippen molar-refractivity contribution in [2.24, 2.45) is 5.73 Å². The molecule has 0 radical (unpaired) electrons. The highest BCUT2D eigenvalue weighted by atomic mass is 16.2. The van der Waals surface area contributed by atoms with Crippen LogP contribution in [0.4, 0.5) is 0 Å². The molecule has 0 aromatic carbocycles. The summed E-state index contributed by atoms with van der Waals surface area (Å²) in [5.41, 5.74) is 5.12. The number of rotatable bonds is 0. The number of carbonyl (C=O) groups is 3. The van der Waals surface area contributed by atoms with Crippen molar-refractivity contribution < 1.29 is 14.4 Å². The van der Waals surface area contributed by atoms with Gasteiger partial charge in [0.15, 0.2) is 0 Å². The van der Waals surface area contributed by atoms with Crippen molar-refractivity contribution >= 4 is 17.3 Å². The van der Waals surface area contributed by atoms with Crippen LogP contribution in [0.2, 0.25) is 0 Å². The zero-order valence-corrected chi connectivity index (χ0v) is 5.03. The van der Waals surface area contributed by atoms with Gasteiger partial charge in [0.2, 0.25) is 11.6 Å². The highest BCUT2D eigenvalue weighted by molar-refractivity contribution is 6.68. The van der Waals surface area contributed by atoms with Gasteiger partial charge in [0.1, 0.15) is 0 Å². The third kappa shape index (κ3) is 0.886. The number of hydrogen-bond donors (Lipinski definition) is 1. The van der Waals surface area contributed by atoms with Gasteiger partial charge in [-0.15, -0.1) is 0 Å². The molecule has 0 fully saturated rings. The zero-order chi connectivity index (χ0) is 7.72. The highest BCUT2D eigenvalue weighted by Crippen LogP contribution is 1.97. The van der Waals surface area contributed by atoms with Gasteiger partial charge in [-0.2, -0.15) is 0 Å². The molecule has 4 heteroatoms. The molecule has 1 atom stereocenters. The smallest absolute Gasteiger partial charge is 0.270 e. The van der Waals surface area contributed by atoms with Crippen molar-refractivity contribution in [3.8, 4) is 0 Å². The minimum Gasteiger partial charge on any atom is -0.318 e. The van der Waals surface area contributed by atoms with E-state index in [1.807, 2.05) is 0 Å². The van der Waals surface area contributed by atoms with Crippen LogP contribution in [-0.2, 0) is 14.4 Å². The summed E-state index contributed by atoms with van der Waals surface area (Å²) in [6.07, 6.45) is 2.24. The summed E-state index contributed by atoms with van der Waals surface area (Å²) in [6.45, 7) is 0. The number of Topliss-reactive ketones (excluding diaryl/α,β-unsaturated/α-hetero) is 2. The lowest BCUT2D eigenvalue weighted by molar-refractivity contribution is -0.143. The summed E-state index contributed by atoms with van der Waals surface area (Å²) in [4.78, 5) is 31.5. The second-order valence-corrected chi connectivity index (χ2v) is 1.94. The van der Waals surface area contributed by atoms with Gasteiger partial charge < -0.3 is 5.73 Å². The molecule has 1 aliphatic rings. The van der Waals surface area contributed by atoms with Gasteiger partial charge in [-0.05, 0) is 6.08 Å². The number of ketones is 3.